The van der Waals surface area contributed by atoms with Crippen LogP contribution in [0.4, 0.5) is 0 Å². The van der Waals surface area contributed by atoms with Gasteiger partial charge in [-0.2, -0.15) is 5.10 Å². The molecule has 1 aliphatic heterocycles. The third kappa shape index (κ3) is 5.58. The first-order valence-electron chi connectivity index (χ1n) is 11.5. The predicted octanol–water partition coefficient (Wildman–Crippen LogP) is 4.23. The van der Waals surface area contributed by atoms with E-state index in [4.69, 9.17) is 19.3 Å². The number of amides is 2. The molecule has 0 bridgehead atoms. The summed E-state index contributed by atoms with van der Waals surface area (Å²) in [6.45, 7) is 0.484. The average molecular weight is 508 g/mol. The van der Waals surface area contributed by atoms with Crippen LogP contribution < -0.4 is 9.47 Å². The molecule has 2 amide bonds. The fourth-order valence-electron chi connectivity index (χ4n) is 4.15. The summed E-state index contributed by atoms with van der Waals surface area (Å²) < 4.78 is 16.2. The fourth-order valence-corrected chi connectivity index (χ4v) is 4.84. The van der Waals surface area contributed by atoms with Crippen LogP contribution in [0.15, 0.2) is 71.1 Å². The monoisotopic (exact) mass is 507 g/mol. The molecule has 8 nitrogen and oxygen atoms in total. The second-order valence-electron chi connectivity index (χ2n) is 8.18. The van der Waals surface area contributed by atoms with Crippen LogP contribution in [0.5, 0.6) is 11.5 Å². The van der Waals surface area contributed by atoms with Crippen molar-refractivity contribution in [3.05, 3.63) is 82.0 Å². The molecule has 0 N–H and O–H groups in total. The number of carbonyl (C=O) groups is 2. The minimum Gasteiger partial charge on any atom is -0.497 e. The van der Waals surface area contributed by atoms with Gasteiger partial charge in [0.25, 0.3) is 11.8 Å². The van der Waals surface area contributed by atoms with E-state index in [-0.39, 0.29) is 24.4 Å². The highest BCUT2D eigenvalue weighted by atomic mass is 32.1. The number of thiophene rings is 1. The van der Waals surface area contributed by atoms with E-state index in [1.807, 2.05) is 60.0 Å². The van der Waals surface area contributed by atoms with Crippen molar-refractivity contribution in [2.24, 2.45) is 5.10 Å². The van der Waals surface area contributed by atoms with Crippen molar-refractivity contribution in [3.63, 3.8) is 0 Å². The Morgan fingerprint density at radius 2 is 1.89 bits per heavy atom. The van der Waals surface area contributed by atoms with Gasteiger partial charge in [0.15, 0.2) is 0 Å². The molecule has 2 heterocycles. The van der Waals surface area contributed by atoms with Crippen LogP contribution in [0.2, 0.25) is 0 Å². The van der Waals surface area contributed by atoms with Crippen LogP contribution in [0.1, 0.15) is 33.3 Å². The number of hydrogen-bond acceptors (Lipinski definition) is 7. The van der Waals surface area contributed by atoms with Gasteiger partial charge in [-0.25, -0.2) is 5.01 Å². The van der Waals surface area contributed by atoms with Gasteiger partial charge in [0.1, 0.15) is 18.0 Å². The number of benzene rings is 2. The maximum absolute atomic E-state index is 13.7. The van der Waals surface area contributed by atoms with Crippen LogP contribution in [-0.4, -0.2) is 68.5 Å². The highest BCUT2D eigenvalue weighted by molar-refractivity contribution is 7.12. The SMILES string of the molecule is COCCN(CC(=O)N1N=C(c2cccc(OC)c2)C[C@@H]1c1ccccc1OC)C(=O)c1cccs1. The normalized spacial score (nSPS) is 14.9. The lowest BCUT2D eigenvalue weighted by atomic mass is 9.97. The van der Waals surface area contributed by atoms with Crippen LogP contribution in [0.3, 0.4) is 0 Å². The Hall–Kier alpha value is -3.69. The predicted molar refractivity (Wildman–Crippen MR) is 139 cm³/mol. The number of rotatable bonds is 10. The number of methoxy groups -OCH3 is 3. The molecule has 0 spiro atoms. The number of ether oxygens (including phenoxy) is 3. The maximum atomic E-state index is 13.7. The van der Waals surface area contributed by atoms with E-state index in [1.54, 1.807) is 27.4 Å². The van der Waals surface area contributed by atoms with Gasteiger partial charge >= 0.3 is 0 Å². The highest BCUT2D eigenvalue weighted by Gasteiger charge is 2.36. The first-order chi connectivity index (χ1) is 17.5. The van der Waals surface area contributed by atoms with E-state index in [9.17, 15) is 9.59 Å². The number of hydrogen-bond donors (Lipinski definition) is 0. The molecular formula is C27H29N3O5S. The summed E-state index contributed by atoms with van der Waals surface area (Å²) >= 11 is 1.34. The molecule has 4 rings (SSSR count). The first kappa shape index (κ1) is 25.4. The fraction of sp³-hybridized carbons (Fsp3) is 0.296. The summed E-state index contributed by atoms with van der Waals surface area (Å²) in [7, 11) is 4.79. The Morgan fingerprint density at radius 3 is 2.61 bits per heavy atom. The van der Waals surface area contributed by atoms with Gasteiger partial charge in [0, 0.05) is 31.2 Å². The molecule has 188 valence electrons. The van der Waals surface area contributed by atoms with E-state index in [1.165, 1.54) is 21.2 Å². The van der Waals surface area contributed by atoms with E-state index < -0.39 is 0 Å². The molecule has 3 aromatic rings. The van der Waals surface area contributed by atoms with Gasteiger partial charge in [0.2, 0.25) is 0 Å². The molecule has 1 atom stereocenters. The number of hydrazone groups is 1. The standard InChI is InChI=1S/C27H29N3O5S/c1-33-14-13-29(27(32)25-12-7-15-36-25)18-26(31)30-23(21-10-4-5-11-24(21)35-3)17-22(28-30)19-8-6-9-20(16-19)34-2/h4-12,15-16,23H,13-14,17-18H2,1-3H3/t23-/m1/s1. The van der Waals surface area contributed by atoms with E-state index in [0.717, 1.165) is 16.8 Å². The molecule has 0 saturated heterocycles. The Bertz CT molecular complexity index is 1230. The second-order valence-corrected chi connectivity index (χ2v) is 9.12. The van der Waals surface area contributed by atoms with Crippen molar-refractivity contribution in [1.29, 1.82) is 0 Å². The molecule has 0 fully saturated rings. The molecule has 1 aromatic heterocycles. The molecule has 0 radical (unpaired) electrons. The third-order valence-corrected chi connectivity index (χ3v) is 6.84. The smallest absolute Gasteiger partial charge is 0.264 e. The summed E-state index contributed by atoms with van der Waals surface area (Å²) in [5.74, 6) is 0.889. The van der Waals surface area contributed by atoms with Gasteiger partial charge in [-0.1, -0.05) is 36.4 Å². The Balaban J connectivity index is 1.66. The summed E-state index contributed by atoms with van der Waals surface area (Å²) in [5.41, 5.74) is 2.48. The zero-order valence-corrected chi connectivity index (χ0v) is 21.4. The number of nitrogens with zero attached hydrogens (tertiary/aromatic N) is 3. The number of carbonyl (C=O) groups excluding carboxylic acids is 2. The van der Waals surface area contributed by atoms with Crippen LogP contribution in [0, 0.1) is 0 Å². The lowest BCUT2D eigenvalue weighted by Gasteiger charge is -2.27. The third-order valence-electron chi connectivity index (χ3n) is 5.98. The van der Waals surface area contributed by atoms with Crippen molar-refractivity contribution < 1.29 is 23.8 Å². The second kappa shape index (κ2) is 11.8. The van der Waals surface area contributed by atoms with Crippen molar-refractivity contribution in [1.82, 2.24) is 9.91 Å². The average Bonchev–Trinajstić information content (AvgIpc) is 3.61. The molecule has 1 aliphatic rings. The lowest BCUT2D eigenvalue weighted by Crippen LogP contribution is -2.42. The quantitative estimate of drug-likeness (QED) is 0.410. The van der Waals surface area contributed by atoms with Gasteiger partial charge in [-0.15, -0.1) is 11.3 Å². The molecule has 0 saturated carbocycles. The molecule has 0 aliphatic carbocycles. The molecule has 36 heavy (non-hydrogen) atoms. The molecule has 0 unspecified atom stereocenters. The Morgan fingerprint density at radius 1 is 1.06 bits per heavy atom. The van der Waals surface area contributed by atoms with Crippen molar-refractivity contribution in [2.75, 3.05) is 41.0 Å². The topological polar surface area (TPSA) is 80.7 Å². The maximum Gasteiger partial charge on any atom is 0.264 e. The van der Waals surface area contributed by atoms with Crippen molar-refractivity contribution in [2.45, 2.75) is 12.5 Å². The zero-order valence-electron chi connectivity index (χ0n) is 20.5. The minimum absolute atomic E-state index is 0.124. The molecular weight excluding hydrogens is 478 g/mol. The first-order valence-corrected chi connectivity index (χ1v) is 12.4. The summed E-state index contributed by atoms with van der Waals surface area (Å²) in [6.07, 6.45) is 0.496. The summed E-state index contributed by atoms with van der Waals surface area (Å²) in [6, 6.07) is 18.4. The van der Waals surface area contributed by atoms with Gasteiger partial charge in [-0.05, 0) is 29.6 Å². The van der Waals surface area contributed by atoms with E-state index >= 15 is 0 Å². The lowest BCUT2D eigenvalue weighted by molar-refractivity contribution is -0.133. The van der Waals surface area contributed by atoms with Gasteiger partial charge < -0.3 is 19.1 Å². The van der Waals surface area contributed by atoms with Crippen LogP contribution in [0.25, 0.3) is 0 Å². The zero-order chi connectivity index (χ0) is 25.5. The van der Waals surface area contributed by atoms with Gasteiger partial charge in [-0.3, -0.25) is 9.59 Å². The molecule has 9 heteroatoms. The minimum atomic E-state index is -0.379. The van der Waals surface area contributed by atoms with Crippen LogP contribution in [-0.2, 0) is 9.53 Å². The van der Waals surface area contributed by atoms with Crippen molar-refractivity contribution in [3.8, 4) is 11.5 Å². The van der Waals surface area contributed by atoms with E-state index in [0.29, 0.717) is 35.9 Å². The van der Waals surface area contributed by atoms with Gasteiger partial charge in [0.05, 0.1) is 37.5 Å². The van der Waals surface area contributed by atoms with Crippen molar-refractivity contribution >= 4 is 28.9 Å². The largest absolute Gasteiger partial charge is 0.497 e. The molecule has 2 aromatic carbocycles. The summed E-state index contributed by atoms with van der Waals surface area (Å²) in [4.78, 5) is 28.9. The highest BCUT2D eigenvalue weighted by Crippen LogP contribution is 2.37. The number of para-hydroxylation sites is 1. The summed E-state index contributed by atoms with van der Waals surface area (Å²) in [5, 5.41) is 8.07. The van der Waals surface area contributed by atoms with Crippen LogP contribution >= 0.6 is 11.3 Å². The van der Waals surface area contributed by atoms with E-state index in [2.05, 4.69) is 0 Å². The Labute approximate surface area is 214 Å². The Kier molecular flexibility index (Phi) is 8.35.